The van der Waals surface area contributed by atoms with Gasteiger partial charge in [-0.3, -0.25) is 0 Å². The fourth-order valence-corrected chi connectivity index (χ4v) is 1.71. The van der Waals surface area contributed by atoms with Gasteiger partial charge in [0.2, 0.25) is 0 Å². The van der Waals surface area contributed by atoms with Crippen LogP contribution in [0.15, 0.2) is 0 Å². The maximum Gasteiger partial charge on any atom is 0.00192 e. The lowest BCUT2D eigenvalue weighted by molar-refractivity contribution is 0.283. The highest BCUT2D eigenvalue weighted by molar-refractivity contribution is 4.73. The number of nitrogens with zero attached hydrogens (tertiary/aromatic N) is 1. The van der Waals surface area contributed by atoms with E-state index < -0.39 is 0 Å². The molecule has 1 aliphatic rings. The van der Waals surface area contributed by atoms with E-state index in [1.54, 1.807) is 0 Å². The molecule has 2 nitrogen and oxygen atoms in total. The quantitative estimate of drug-likeness (QED) is 0.658. The summed E-state index contributed by atoms with van der Waals surface area (Å²) in [5.74, 6) is 1.57. The summed E-state index contributed by atoms with van der Waals surface area (Å²) in [4.78, 5) is 2.53. The second-order valence-corrected chi connectivity index (χ2v) is 3.99. The predicted molar refractivity (Wildman–Crippen MR) is 48.4 cm³/mol. The molecule has 0 aromatic rings. The van der Waals surface area contributed by atoms with Crippen molar-refractivity contribution in [1.29, 1.82) is 0 Å². The first-order chi connectivity index (χ1) is 5.22. The molecule has 0 radical (unpaired) electrons. The average molecular weight is 156 g/mol. The van der Waals surface area contributed by atoms with Crippen molar-refractivity contribution in [2.24, 2.45) is 17.6 Å². The number of rotatable bonds is 3. The third kappa shape index (κ3) is 2.80. The van der Waals surface area contributed by atoms with Gasteiger partial charge in [-0.15, -0.1) is 0 Å². The molecular weight excluding hydrogens is 136 g/mol. The summed E-state index contributed by atoms with van der Waals surface area (Å²) in [7, 11) is 0. The molecule has 1 unspecified atom stereocenters. The zero-order chi connectivity index (χ0) is 8.27. The summed E-state index contributed by atoms with van der Waals surface area (Å²) in [6, 6.07) is 0. The number of hydrogen-bond donors (Lipinski definition) is 1. The van der Waals surface area contributed by atoms with Gasteiger partial charge in [-0.05, 0) is 31.3 Å². The van der Waals surface area contributed by atoms with Crippen molar-refractivity contribution in [1.82, 2.24) is 4.90 Å². The Bertz CT molecular complexity index is 114. The molecule has 0 aromatic heterocycles. The van der Waals surface area contributed by atoms with Crippen LogP contribution in [0.25, 0.3) is 0 Å². The van der Waals surface area contributed by atoms with Crippen molar-refractivity contribution in [2.75, 3.05) is 26.2 Å². The molecule has 0 amide bonds. The smallest absolute Gasteiger partial charge is 0.00192 e. The van der Waals surface area contributed by atoms with Gasteiger partial charge in [0, 0.05) is 13.1 Å². The van der Waals surface area contributed by atoms with Crippen LogP contribution >= 0.6 is 0 Å². The molecule has 0 aliphatic carbocycles. The summed E-state index contributed by atoms with van der Waals surface area (Å²) >= 11 is 0. The van der Waals surface area contributed by atoms with E-state index in [9.17, 15) is 0 Å². The van der Waals surface area contributed by atoms with Crippen LogP contribution in [-0.4, -0.2) is 31.1 Å². The highest BCUT2D eigenvalue weighted by Crippen LogP contribution is 2.15. The van der Waals surface area contributed by atoms with Gasteiger partial charge < -0.3 is 10.6 Å². The minimum atomic E-state index is 0.667. The van der Waals surface area contributed by atoms with Gasteiger partial charge >= 0.3 is 0 Å². The number of nitrogens with two attached hydrogens (primary N) is 1. The van der Waals surface area contributed by atoms with Crippen LogP contribution < -0.4 is 5.73 Å². The van der Waals surface area contributed by atoms with Crippen LogP contribution in [0.2, 0.25) is 0 Å². The summed E-state index contributed by atoms with van der Waals surface area (Å²) in [5.41, 5.74) is 5.56. The molecule has 1 saturated heterocycles. The first kappa shape index (κ1) is 9.01. The predicted octanol–water partition coefficient (Wildman–Crippen LogP) is 0.923. The van der Waals surface area contributed by atoms with E-state index in [0.29, 0.717) is 5.92 Å². The molecule has 0 saturated carbocycles. The van der Waals surface area contributed by atoms with Crippen LogP contribution in [0, 0.1) is 11.8 Å². The summed E-state index contributed by atoms with van der Waals surface area (Å²) in [6.07, 6.45) is 1.37. The fourth-order valence-electron chi connectivity index (χ4n) is 1.71. The maximum atomic E-state index is 5.56. The molecule has 11 heavy (non-hydrogen) atoms. The number of hydrogen-bond acceptors (Lipinski definition) is 2. The third-order valence-electron chi connectivity index (χ3n) is 2.48. The molecule has 0 bridgehead atoms. The van der Waals surface area contributed by atoms with Gasteiger partial charge in [-0.2, -0.15) is 0 Å². The molecule has 2 atom stereocenters. The molecule has 0 aromatic carbocycles. The molecule has 2 heteroatoms. The monoisotopic (exact) mass is 156 g/mol. The SMILES string of the molecule is CC1CCN(C[C@@H](C)CN)C1. The van der Waals surface area contributed by atoms with Crippen LogP contribution in [0.5, 0.6) is 0 Å². The van der Waals surface area contributed by atoms with Crippen LogP contribution in [0.3, 0.4) is 0 Å². The lowest BCUT2D eigenvalue weighted by Gasteiger charge is -2.18. The van der Waals surface area contributed by atoms with Gasteiger partial charge in [-0.1, -0.05) is 13.8 Å². The molecule has 0 spiro atoms. The minimum Gasteiger partial charge on any atom is -0.330 e. The largest absolute Gasteiger partial charge is 0.330 e. The topological polar surface area (TPSA) is 29.3 Å². The molecule has 66 valence electrons. The van der Waals surface area contributed by atoms with Gasteiger partial charge in [0.25, 0.3) is 0 Å². The van der Waals surface area contributed by atoms with E-state index in [1.165, 1.54) is 26.1 Å². The van der Waals surface area contributed by atoms with E-state index in [-0.39, 0.29) is 0 Å². The molecular formula is C9H20N2. The Morgan fingerprint density at radius 2 is 2.36 bits per heavy atom. The van der Waals surface area contributed by atoms with Gasteiger partial charge in [0.05, 0.1) is 0 Å². The van der Waals surface area contributed by atoms with Gasteiger partial charge in [0.15, 0.2) is 0 Å². The summed E-state index contributed by atoms with van der Waals surface area (Å²) < 4.78 is 0. The Hall–Kier alpha value is -0.0800. The zero-order valence-corrected chi connectivity index (χ0v) is 7.71. The second kappa shape index (κ2) is 4.07. The van der Waals surface area contributed by atoms with Crippen molar-refractivity contribution in [2.45, 2.75) is 20.3 Å². The van der Waals surface area contributed by atoms with Gasteiger partial charge in [0.1, 0.15) is 0 Å². The van der Waals surface area contributed by atoms with Crippen LogP contribution in [0.1, 0.15) is 20.3 Å². The first-order valence-corrected chi connectivity index (χ1v) is 4.64. The normalized spacial score (nSPS) is 29.2. The third-order valence-corrected chi connectivity index (χ3v) is 2.48. The van der Waals surface area contributed by atoms with Crippen LogP contribution in [-0.2, 0) is 0 Å². The fraction of sp³-hybridized carbons (Fsp3) is 1.00. The molecule has 1 heterocycles. The Morgan fingerprint density at radius 3 is 2.82 bits per heavy atom. The van der Waals surface area contributed by atoms with Crippen molar-refractivity contribution in [3.63, 3.8) is 0 Å². The summed E-state index contributed by atoms with van der Waals surface area (Å²) in [5, 5.41) is 0. The van der Waals surface area contributed by atoms with Gasteiger partial charge in [-0.25, -0.2) is 0 Å². The van der Waals surface area contributed by atoms with Crippen molar-refractivity contribution in [3.8, 4) is 0 Å². The highest BCUT2D eigenvalue weighted by Gasteiger charge is 2.19. The van der Waals surface area contributed by atoms with Crippen molar-refractivity contribution in [3.05, 3.63) is 0 Å². The Morgan fingerprint density at radius 1 is 1.64 bits per heavy atom. The molecule has 1 aliphatic heterocycles. The highest BCUT2D eigenvalue weighted by atomic mass is 15.1. The average Bonchev–Trinajstić information content (AvgIpc) is 2.35. The minimum absolute atomic E-state index is 0.667. The number of likely N-dealkylation sites (tertiary alicyclic amines) is 1. The Kier molecular flexibility index (Phi) is 3.34. The Balaban J connectivity index is 2.17. The molecule has 1 rings (SSSR count). The maximum absolute atomic E-state index is 5.56. The Labute approximate surface area is 69.8 Å². The standard InChI is InChI=1S/C9H20N2/c1-8-3-4-11(6-8)7-9(2)5-10/h8-9H,3-7,10H2,1-2H3/t8?,9-/m0/s1. The molecule has 1 fully saturated rings. The van der Waals surface area contributed by atoms with Crippen molar-refractivity contribution < 1.29 is 0 Å². The van der Waals surface area contributed by atoms with E-state index in [4.69, 9.17) is 5.73 Å². The zero-order valence-electron chi connectivity index (χ0n) is 7.71. The lowest BCUT2D eigenvalue weighted by Crippen LogP contribution is -2.29. The summed E-state index contributed by atoms with van der Waals surface area (Å²) in [6.45, 7) is 9.14. The van der Waals surface area contributed by atoms with E-state index in [0.717, 1.165) is 12.5 Å². The molecule has 2 N–H and O–H groups in total. The first-order valence-electron chi connectivity index (χ1n) is 4.64. The second-order valence-electron chi connectivity index (χ2n) is 3.99. The van der Waals surface area contributed by atoms with Crippen LogP contribution in [0.4, 0.5) is 0 Å². The van der Waals surface area contributed by atoms with Crippen molar-refractivity contribution >= 4 is 0 Å². The van der Waals surface area contributed by atoms with E-state index in [2.05, 4.69) is 18.7 Å². The van der Waals surface area contributed by atoms with E-state index in [1.807, 2.05) is 0 Å². The lowest BCUT2D eigenvalue weighted by atomic mass is 10.1. The van der Waals surface area contributed by atoms with E-state index >= 15 is 0 Å².